The van der Waals surface area contributed by atoms with Gasteiger partial charge in [-0.15, -0.1) is 11.3 Å². The normalized spacial score (nSPS) is 12.1. The number of benzene rings is 2. The number of alkyl halides is 3. The molecule has 0 radical (unpaired) electrons. The lowest BCUT2D eigenvalue weighted by Gasteiger charge is -2.25. The summed E-state index contributed by atoms with van der Waals surface area (Å²) >= 11 is 1.51. The fourth-order valence-electron chi connectivity index (χ4n) is 4.02. The van der Waals surface area contributed by atoms with Crippen LogP contribution in [0.15, 0.2) is 48.5 Å². The topological polar surface area (TPSA) is 52.6 Å². The van der Waals surface area contributed by atoms with Gasteiger partial charge in [-0.1, -0.05) is 26.0 Å². The van der Waals surface area contributed by atoms with Crippen LogP contribution in [0.4, 0.5) is 13.2 Å². The Labute approximate surface area is 225 Å². The molecule has 38 heavy (non-hydrogen) atoms. The number of halogens is 3. The van der Waals surface area contributed by atoms with Gasteiger partial charge in [-0.25, -0.2) is 4.79 Å². The Bertz CT molecular complexity index is 1290. The molecule has 0 bridgehead atoms. The molecule has 3 aromatic rings. The van der Waals surface area contributed by atoms with Crippen molar-refractivity contribution >= 4 is 23.1 Å². The fraction of sp³-hybridized carbons (Fsp3) is 0.400. The van der Waals surface area contributed by atoms with Crippen molar-refractivity contribution in [1.82, 2.24) is 0 Å². The molecule has 0 spiro atoms. The SMILES string of the molecule is CCOC(=O)C(C)(C)Oc1ccc(C(=O)CCc2sc(-c3ccc(C(F)(F)F)cc3)cc2C(C)C)cc1C. The number of rotatable bonds is 10. The summed E-state index contributed by atoms with van der Waals surface area (Å²) in [6.45, 7) is 11.2. The van der Waals surface area contributed by atoms with Crippen molar-refractivity contribution in [3.63, 3.8) is 0 Å². The number of ether oxygens (including phenoxy) is 2. The number of carbonyl (C=O) groups is 2. The highest BCUT2D eigenvalue weighted by Gasteiger charge is 2.32. The summed E-state index contributed by atoms with van der Waals surface area (Å²) < 4.78 is 49.8. The van der Waals surface area contributed by atoms with E-state index in [0.717, 1.165) is 38.6 Å². The Hall–Kier alpha value is -3.13. The number of esters is 1. The molecule has 1 aromatic heterocycles. The zero-order valence-electron chi connectivity index (χ0n) is 22.5. The van der Waals surface area contributed by atoms with Gasteiger partial charge in [-0.3, -0.25) is 4.79 Å². The summed E-state index contributed by atoms with van der Waals surface area (Å²) in [6.07, 6.45) is -3.55. The highest BCUT2D eigenvalue weighted by atomic mass is 32.1. The minimum absolute atomic E-state index is 0.0245. The molecule has 3 rings (SSSR count). The van der Waals surface area contributed by atoms with Crippen LogP contribution < -0.4 is 4.74 Å². The molecular weight excluding hydrogens is 513 g/mol. The van der Waals surface area contributed by atoms with E-state index in [0.29, 0.717) is 24.2 Å². The predicted octanol–water partition coefficient (Wildman–Crippen LogP) is 8.40. The molecule has 0 aliphatic carbocycles. The molecule has 1 heterocycles. The Morgan fingerprint density at radius 2 is 1.66 bits per heavy atom. The summed E-state index contributed by atoms with van der Waals surface area (Å²) in [5, 5.41) is 0. The average molecular weight is 547 g/mol. The number of Topliss-reactive ketones (excluding diaryl/α,β-unsaturated/α-hetero) is 1. The summed E-state index contributed by atoms with van der Waals surface area (Å²) in [5.41, 5.74) is 1.26. The highest BCUT2D eigenvalue weighted by Crippen LogP contribution is 2.38. The monoisotopic (exact) mass is 546 g/mol. The molecule has 0 fully saturated rings. The van der Waals surface area contributed by atoms with Crippen molar-refractivity contribution in [2.45, 2.75) is 72.1 Å². The molecule has 0 atom stereocenters. The van der Waals surface area contributed by atoms with Crippen molar-refractivity contribution in [3.8, 4) is 16.2 Å². The molecule has 0 aliphatic rings. The van der Waals surface area contributed by atoms with Crippen LogP contribution in [0.3, 0.4) is 0 Å². The molecule has 0 saturated heterocycles. The van der Waals surface area contributed by atoms with Gasteiger partial charge in [0.1, 0.15) is 5.75 Å². The first-order valence-corrected chi connectivity index (χ1v) is 13.3. The van der Waals surface area contributed by atoms with Crippen LogP contribution in [-0.2, 0) is 22.1 Å². The molecule has 0 amide bonds. The second kappa shape index (κ2) is 11.7. The van der Waals surface area contributed by atoms with Crippen LogP contribution in [0.5, 0.6) is 5.75 Å². The van der Waals surface area contributed by atoms with Gasteiger partial charge in [0.15, 0.2) is 11.4 Å². The largest absolute Gasteiger partial charge is 0.476 e. The van der Waals surface area contributed by atoms with E-state index >= 15 is 0 Å². The summed E-state index contributed by atoms with van der Waals surface area (Å²) in [6, 6.07) is 12.3. The van der Waals surface area contributed by atoms with Crippen LogP contribution in [0, 0.1) is 6.92 Å². The molecule has 204 valence electrons. The summed E-state index contributed by atoms with van der Waals surface area (Å²) in [5.74, 6) is 0.220. The Morgan fingerprint density at radius 3 is 2.21 bits per heavy atom. The van der Waals surface area contributed by atoms with Crippen molar-refractivity contribution in [2.24, 2.45) is 0 Å². The van der Waals surface area contributed by atoms with Gasteiger partial charge < -0.3 is 9.47 Å². The van der Waals surface area contributed by atoms with Gasteiger partial charge in [-0.05, 0) is 93.1 Å². The first-order chi connectivity index (χ1) is 17.7. The fourth-order valence-corrected chi connectivity index (χ4v) is 5.34. The lowest BCUT2D eigenvalue weighted by molar-refractivity contribution is -0.158. The van der Waals surface area contributed by atoms with Crippen molar-refractivity contribution in [1.29, 1.82) is 0 Å². The van der Waals surface area contributed by atoms with E-state index in [1.54, 1.807) is 39.0 Å². The maximum atomic E-state index is 13.0. The van der Waals surface area contributed by atoms with E-state index in [1.807, 2.05) is 13.0 Å². The molecule has 4 nitrogen and oxygen atoms in total. The van der Waals surface area contributed by atoms with E-state index in [2.05, 4.69) is 13.8 Å². The maximum Gasteiger partial charge on any atom is 0.416 e. The van der Waals surface area contributed by atoms with Gasteiger partial charge in [0.25, 0.3) is 0 Å². The molecule has 2 aromatic carbocycles. The number of hydrogen-bond donors (Lipinski definition) is 0. The molecule has 0 unspecified atom stereocenters. The molecule has 0 aliphatic heterocycles. The lowest BCUT2D eigenvalue weighted by Crippen LogP contribution is -2.39. The van der Waals surface area contributed by atoms with Crippen LogP contribution in [0.1, 0.15) is 78.9 Å². The number of ketones is 1. The molecular formula is C30H33F3O4S. The Kier molecular flexibility index (Phi) is 9.08. The van der Waals surface area contributed by atoms with Gasteiger partial charge in [0, 0.05) is 21.7 Å². The number of hydrogen-bond acceptors (Lipinski definition) is 5. The first kappa shape index (κ1) is 29.4. The molecule has 8 heteroatoms. The van der Waals surface area contributed by atoms with Crippen LogP contribution >= 0.6 is 11.3 Å². The van der Waals surface area contributed by atoms with Crippen LogP contribution in [0.25, 0.3) is 10.4 Å². The van der Waals surface area contributed by atoms with E-state index in [1.165, 1.54) is 23.5 Å². The summed E-state index contributed by atoms with van der Waals surface area (Å²) in [7, 11) is 0. The first-order valence-electron chi connectivity index (χ1n) is 12.5. The van der Waals surface area contributed by atoms with Gasteiger partial charge >= 0.3 is 12.1 Å². The van der Waals surface area contributed by atoms with Gasteiger partial charge in [0.05, 0.1) is 12.2 Å². The van der Waals surface area contributed by atoms with Gasteiger partial charge in [-0.2, -0.15) is 13.2 Å². The Balaban J connectivity index is 1.73. The van der Waals surface area contributed by atoms with Crippen LogP contribution in [0.2, 0.25) is 0 Å². The number of thiophene rings is 1. The average Bonchev–Trinajstić information content (AvgIpc) is 3.28. The zero-order valence-corrected chi connectivity index (χ0v) is 23.3. The van der Waals surface area contributed by atoms with Crippen LogP contribution in [-0.4, -0.2) is 24.0 Å². The van der Waals surface area contributed by atoms with Gasteiger partial charge in [0.2, 0.25) is 0 Å². The van der Waals surface area contributed by atoms with Crippen molar-refractivity contribution < 1.29 is 32.2 Å². The van der Waals surface area contributed by atoms with Crippen molar-refractivity contribution in [3.05, 3.63) is 75.7 Å². The van der Waals surface area contributed by atoms with E-state index in [-0.39, 0.29) is 18.3 Å². The second-order valence-electron chi connectivity index (χ2n) is 9.96. The van der Waals surface area contributed by atoms with E-state index < -0.39 is 23.3 Å². The third-order valence-corrected chi connectivity index (χ3v) is 7.43. The zero-order chi connectivity index (χ0) is 28.3. The smallest absolute Gasteiger partial charge is 0.416 e. The maximum absolute atomic E-state index is 13.0. The Morgan fingerprint density at radius 1 is 1.00 bits per heavy atom. The minimum atomic E-state index is -4.37. The second-order valence-corrected chi connectivity index (χ2v) is 11.1. The number of carbonyl (C=O) groups excluding carboxylic acids is 2. The van der Waals surface area contributed by atoms with E-state index in [4.69, 9.17) is 9.47 Å². The van der Waals surface area contributed by atoms with Crippen molar-refractivity contribution in [2.75, 3.05) is 6.61 Å². The highest BCUT2D eigenvalue weighted by molar-refractivity contribution is 7.15. The van der Waals surface area contributed by atoms with E-state index in [9.17, 15) is 22.8 Å². The third-order valence-electron chi connectivity index (χ3n) is 6.17. The lowest BCUT2D eigenvalue weighted by atomic mass is 9.98. The summed E-state index contributed by atoms with van der Waals surface area (Å²) in [4.78, 5) is 27.1. The quantitative estimate of drug-likeness (QED) is 0.189. The predicted molar refractivity (Wildman–Crippen MR) is 144 cm³/mol. The molecule has 0 saturated carbocycles. The third kappa shape index (κ3) is 7.04. The minimum Gasteiger partial charge on any atom is -0.476 e. The number of aryl methyl sites for hydroxylation is 2. The standard InChI is InChI=1S/C30H33F3O4S/c1-7-36-28(35)29(5,6)37-25-14-10-21(16-19(25)4)24(34)13-15-26-23(18(2)3)17-27(38-26)20-8-11-22(12-9-20)30(31,32)33/h8-12,14,16-18H,7,13,15H2,1-6H3. The molecule has 0 N–H and O–H groups in total.